The van der Waals surface area contributed by atoms with E-state index in [1.807, 2.05) is 72.6 Å². The first-order chi connectivity index (χ1) is 19.7. The first-order valence-electron chi connectivity index (χ1n) is 14.4. The van der Waals surface area contributed by atoms with Gasteiger partial charge in [-0.2, -0.15) is 0 Å². The lowest BCUT2D eigenvalue weighted by atomic mass is 9.71. The van der Waals surface area contributed by atoms with Gasteiger partial charge in [0.2, 0.25) is 11.8 Å². The number of rotatable bonds is 8. The first-order valence-corrected chi connectivity index (χ1v) is 14.4. The lowest BCUT2D eigenvalue weighted by Gasteiger charge is -2.42. The largest absolute Gasteiger partial charge is 0.465 e. The lowest BCUT2D eigenvalue weighted by molar-refractivity contribution is -0.130. The molecule has 0 saturated heterocycles. The molecule has 2 saturated carbocycles. The van der Waals surface area contributed by atoms with Crippen molar-refractivity contribution >= 4 is 23.7 Å². The molecular weight excluding hydrogens is 516 g/mol. The molecule has 0 aliphatic heterocycles. The molecule has 0 radical (unpaired) electrons. The number of carbonyl (C=O) groups excluding carboxylic acids is 2. The zero-order valence-corrected chi connectivity index (χ0v) is 23.7. The van der Waals surface area contributed by atoms with E-state index in [2.05, 4.69) is 15.6 Å². The molecule has 0 spiro atoms. The summed E-state index contributed by atoms with van der Waals surface area (Å²) in [6.45, 7) is 1.60. The van der Waals surface area contributed by atoms with E-state index in [0.29, 0.717) is 18.2 Å². The normalized spacial score (nSPS) is 19.5. The second-order valence-electron chi connectivity index (χ2n) is 11.5. The number of aromatic nitrogens is 1. The molecule has 1 aromatic heterocycles. The van der Waals surface area contributed by atoms with Gasteiger partial charge in [-0.1, -0.05) is 54.6 Å². The zero-order valence-electron chi connectivity index (χ0n) is 23.7. The predicted molar refractivity (Wildman–Crippen MR) is 159 cm³/mol. The second kappa shape index (κ2) is 12.1. The van der Waals surface area contributed by atoms with Crippen LogP contribution in [0.4, 0.5) is 10.6 Å². The summed E-state index contributed by atoms with van der Waals surface area (Å²) in [5, 5.41) is 15.1. The van der Waals surface area contributed by atoms with E-state index in [9.17, 15) is 19.5 Å². The molecule has 0 unspecified atom stereocenters. The Bertz CT molecular complexity index is 1390. The molecule has 1 heterocycles. The summed E-state index contributed by atoms with van der Waals surface area (Å²) in [6.07, 6.45) is 7.51. The van der Waals surface area contributed by atoms with E-state index in [-0.39, 0.29) is 17.9 Å². The fourth-order valence-electron chi connectivity index (χ4n) is 6.25. The maximum atomic E-state index is 13.0. The summed E-state index contributed by atoms with van der Waals surface area (Å²) < 4.78 is 0. The highest BCUT2D eigenvalue weighted by molar-refractivity contribution is 5.92. The molecule has 0 bridgehead atoms. The van der Waals surface area contributed by atoms with Gasteiger partial charge < -0.3 is 20.6 Å². The quantitative estimate of drug-likeness (QED) is 0.297. The number of amides is 3. The zero-order chi connectivity index (χ0) is 29.0. The fourth-order valence-corrected chi connectivity index (χ4v) is 6.25. The van der Waals surface area contributed by atoms with E-state index in [1.165, 1.54) is 0 Å². The van der Waals surface area contributed by atoms with Crippen LogP contribution in [-0.4, -0.2) is 46.0 Å². The molecule has 2 aliphatic rings. The molecule has 3 aromatic rings. The third-order valence-corrected chi connectivity index (χ3v) is 8.89. The van der Waals surface area contributed by atoms with Gasteiger partial charge in [-0.05, 0) is 79.2 Å². The molecule has 5 rings (SSSR count). The molecule has 2 aliphatic carbocycles. The van der Waals surface area contributed by atoms with E-state index >= 15 is 0 Å². The average molecular weight is 555 g/mol. The Hall–Kier alpha value is -4.20. The number of carboxylic acid groups (broad SMARTS) is 1. The number of nitrogens with one attached hydrogen (secondary N) is 2. The van der Waals surface area contributed by atoms with Crippen molar-refractivity contribution in [3.63, 3.8) is 0 Å². The monoisotopic (exact) mass is 554 g/mol. The predicted octanol–water partition coefficient (Wildman–Crippen LogP) is 6.43. The van der Waals surface area contributed by atoms with Crippen molar-refractivity contribution in [2.75, 3.05) is 12.4 Å². The maximum absolute atomic E-state index is 13.0. The van der Waals surface area contributed by atoms with Crippen molar-refractivity contribution in [2.24, 2.45) is 5.92 Å². The number of benzene rings is 2. The number of hydrogen-bond acceptors (Lipinski definition) is 4. The molecular formula is C33H38N4O4. The molecule has 41 heavy (non-hydrogen) atoms. The Labute approximate surface area is 241 Å². The molecule has 214 valence electrons. The molecule has 2 aromatic carbocycles. The van der Waals surface area contributed by atoms with Crippen LogP contribution in [0.1, 0.15) is 63.9 Å². The second-order valence-corrected chi connectivity index (χ2v) is 11.5. The van der Waals surface area contributed by atoms with E-state index in [4.69, 9.17) is 0 Å². The third kappa shape index (κ3) is 6.42. The molecule has 0 atom stereocenters. The van der Waals surface area contributed by atoms with Crippen LogP contribution >= 0.6 is 0 Å². The SMILES string of the molecule is CC(=O)N(C)C1CCC(CC(=O)Nc2cc(-c3ccccc3)c(-c3ccc(C4(NC(=O)O)CCC4)cc3)cn2)CC1. The Morgan fingerprint density at radius 3 is 2.20 bits per heavy atom. The fraction of sp³-hybridized carbons (Fsp3) is 0.394. The summed E-state index contributed by atoms with van der Waals surface area (Å²) in [4.78, 5) is 42.5. The van der Waals surface area contributed by atoms with Gasteiger partial charge >= 0.3 is 6.09 Å². The lowest BCUT2D eigenvalue weighted by Crippen LogP contribution is -2.50. The summed E-state index contributed by atoms with van der Waals surface area (Å²) in [5.74, 6) is 0.850. The van der Waals surface area contributed by atoms with Gasteiger partial charge in [0.1, 0.15) is 5.82 Å². The van der Waals surface area contributed by atoms with Crippen molar-refractivity contribution in [3.8, 4) is 22.3 Å². The Morgan fingerprint density at radius 2 is 1.61 bits per heavy atom. The smallest absolute Gasteiger partial charge is 0.405 e. The molecule has 3 amide bonds. The van der Waals surface area contributed by atoms with Crippen LogP contribution in [0.15, 0.2) is 66.9 Å². The van der Waals surface area contributed by atoms with Crippen LogP contribution in [0.25, 0.3) is 22.3 Å². The van der Waals surface area contributed by atoms with Gasteiger partial charge in [0, 0.05) is 38.2 Å². The van der Waals surface area contributed by atoms with Crippen LogP contribution in [0.5, 0.6) is 0 Å². The van der Waals surface area contributed by atoms with Gasteiger partial charge in [-0.3, -0.25) is 9.59 Å². The highest BCUT2D eigenvalue weighted by Crippen LogP contribution is 2.42. The minimum absolute atomic E-state index is 0.0475. The van der Waals surface area contributed by atoms with Crippen LogP contribution in [0.2, 0.25) is 0 Å². The van der Waals surface area contributed by atoms with Crippen molar-refractivity contribution in [2.45, 2.75) is 69.9 Å². The number of nitrogens with zero attached hydrogens (tertiary/aromatic N) is 2. The van der Waals surface area contributed by atoms with Crippen LogP contribution < -0.4 is 10.6 Å². The van der Waals surface area contributed by atoms with Gasteiger partial charge in [-0.15, -0.1) is 0 Å². The van der Waals surface area contributed by atoms with Crippen LogP contribution in [0, 0.1) is 5.92 Å². The van der Waals surface area contributed by atoms with E-state index in [1.54, 1.807) is 13.1 Å². The first kappa shape index (κ1) is 28.3. The molecule has 8 heteroatoms. The Kier molecular flexibility index (Phi) is 8.38. The number of pyridine rings is 1. The van der Waals surface area contributed by atoms with Crippen molar-refractivity contribution in [3.05, 3.63) is 72.4 Å². The average Bonchev–Trinajstić information content (AvgIpc) is 2.95. The van der Waals surface area contributed by atoms with Crippen LogP contribution in [0.3, 0.4) is 0 Å². The number of anilines is 1. The minimum Gasteiger partial charge on any atom is -0.465 e. The molecule has 8 nitrogen and oxygen atoms in total. The van der Waals surface area contributed by atoms with Crippen LogP contribution in [-0.2, 0) is 15.1 Å². The van der Waals surface area contributed by atoms with Gasteiger partial charge in [0.15, 0.2) is 0 Å². The maximum Gasteiger partial charge on any atom is 0.405 e. The summed E-state index contributed by atoms with van der Waals surface area (Å²) in [6, 6.07) is 20.2. The van der Waals surface area contributed by atoms with Crippen molar-refractivity contribution in [1.82, 2.24) is 15.2 Å². The van der Waals surface area contributed by atoms with Crippen molar-refractivity contribution < 1.29 is 19.5 Å². The van der Waals surface area contributed by atoms with Gasteiger partial charge in [0.25, 0.3) is 0 Å². The molecule has 3 N–H and O–H groups in total. The Morgan fingerprint density at radius 1 is 0.951 bits per heavy atom. The third-order valence-electron chi connectivity index (χ3n) is 8.89. The number of hydrogen-bond donors (Lipinski definition) is 3. The van der Waals surface area contributed by atoms with Gasteiger partial charge in [0.05, 0.1) is 5.54 Å². The van der Waals surface area contributed by atoms with Crippen molar-refractivity contribution in [1.29, 1.82) is 0 Å². The number of carbonyl (C=O) groups is 3. The minimum atomic E-state index is -1.00. The highest BCUT2D eigenvalue weighted by Gasteiger charge is 2.40. The standard InChI is InChI=1S/C33H38N4O4/c1-22(38)37(2)27-15-9-23(10-16-27)19-31(39)35-30-20-28(24-7-4-3-5-8-24)29(21-34-30)25-11-13-26(14-12-25)33(17-6-18-33)36-32(40)41/h3-5,7-8,11-14,20-21,23,27,36H,6,9-10,15-19H2,1-2H3,(H,40,41)(H,34,35,39). The van der Waals surface area contributed by atoms with E-state index in [0.717, 1.165) is 72.8 Å². The van der Waals surface area contributed by atoms with Gasteiger partial charge in [-0.25, -0.2) is 9.78 Å². The summed E-state index contributed by atoms with van der Waals surface area (Å²) >= 11 is 0. The Balaban J connectivity index is 1.32. The van der Waals surface area contributed by atoms with E-state index < -0.39 is 11.6 Å². The summed E-state index contributed by atoms with van der Waals surface area (Å²) in [5.41, 5.74) is 4.33. The molecule has 2 fully saturated rings. The topological polar surface area (TPSA) is 112 Å². The summed E-state index contributed by atoms with van der Waals surface area (Å²) in [7, 11) is 1.86. The highest BCUT2D eigenvalue weighted by atomic mass is 16.4.